The SMILES string of the molecule is CC1CN(C)CCC1n1c(CCCl)nc2ccc(Cl)cc21. The molecule has 0 amide bonds. The van der Waals surface area contributed by atoms with Gasteiger partial charge in [-0.1, -0.05) is 18.5 Å². The Hall–Kier alpha value is -0.770. The normalized spacial score (nSPS) is 23.8. The van der Waals surface area contributed by atoms with Crippen LogP contribution in [0.3, 0.4) is 0 Å². The van der Waals surface area contributed by atoms with Gasteiger partial charge >= 0.3 is 0 Å². The number of hydrogen-bond acceptors (Lipinski definition) is 2. The van der Waals surface area contributed by atoms with Crippen molar-refractivity contribution in [1.82, 2.24) is 14.5 Å². The lowest BCUT2D eigenvalue weighted by Gasteiger charge is -2.36. The average Bonchev–Trinajstić information content (AvgIpc) is 2.77. The van der Waals surface area contributed by atoms with Gasteiger partial charge in [-0.15, -0.1) is 11.6 Å². The van der Waals surface area contributed by atoms with E-state index in [0.29, 0.717) is 17.8 Å². The molecule has 1 aliphatic rings. The van der Waals surface area contributed by atoms with Crippen LogP contribution in [0.5, 0.6) is 0 Å². The van der Waals surface area contributed by atoms with E-state index in [-0.39, 0.29) is 0 Å². The van der Waals surface area contributed by atoms with Gasteiger partial charge in [0.1, 0.15) is 5.82 Å². The predicted octanol–water partition coefficient (Wildman–Crippen LogP) is 3.98. The largest absolute Gasteiger partial charge is 0.324 e. The first-order valence-electron chi connectivity index (χ1n) is 7.51. The van der Waals surface area contributed by atoms with Gasteiger partial charge in [0.2, 0.25) is 0 Å². The molecule has 0 saturated carbocycles. The molecule has 3 rings (SSSR count). The quantitative estimate of drug-likeness (QED) is 0.796. The molecule has 1 aromatic carbocycles. The molecule has 1 saturated heterocycles. The summed E-state index contributed by atoms with van der Waals surface area (Å²) in [5, 5.41) is 0.765. The predicted molar refractivity (Wildman–Crippen MR) is 89.5 cm³/mol. The number of aryl methyl sites for hydroxylation is 1. The van der Waals surface area contributed by atoms with E-state index in [0.717, 1.165) is 47.8 Å². The fraction of sp³-hybridized carbons (Fsp3) is 0.562. The van der Waals surface area contributed by atoms with Gasteiger partial charge in [0.15, 0.2) is 0 Å². The molecule has 3 nitrogen and oxygen atoms in total. The highest BCUT2D eigenvalue weighted by atomic mass is 35.5. The number of imidazole rings is 1. The molecule has 5 heteroatoms. The lowest BCUT2D eigenvalue weighted by Crippen LogP contribution is -2.38. The summed E-state index contributed by atoms with van der Waals surface area (Å²) in [5.74, 6) is 2.27. The van der Waals surface area contributed by atoms with Gasteiger partial charge in [0.25, 0.3) is 0 Å². The Balaban J connectivity index is 2.10. The maximum absolute atomic E-state index is 6.20. The molecule has 0 bridgehead atoms. The number of aromatic nitrogens is 2. The first kappa shape index (κ1) is 15.1. The standard InChI is InChI=1S/C16H21Cl2N3/c1-11-10-20(2)8-6-14(11)21-15-9-12(18)3-4-13(15)19-16(21)5-7-17/h3-4,9,11,14H,5-8,10H2,1-2H3. The molecule has 0 N–H and O–H groups in total. The van der Waals surface area contributed by atoms with Gasteiger partial charge < -0.3 is 9.47 Å². The molecule has 114 valence electrons. The topological polar surface area (TPSA) is 21.1 Å². The van der Waals surface area contributed by atoms with Crippen LogP contribution in [0, 0.1) is 5.92 Å². The van der Waals surface area contributed by atoms with Crippen molar-refractivity contribution in [2.45, 2.75) is 25.8 Å². The molecule has 1 fully saturated rings. The maximum atomic E-state index is 6.20. The van der Waals surface area contributed by atoms with Crippen molar-refractivity contribution in [2.75, 3.05) is 26.0 Å². The zero-order valence-electron chi connectivity index (χ0n) is 12.5. The van der Waals surface area contributed by atoms with Crippen molar-refractivity contribution < 1.29 is 0 Å². The lowest BCUT2D eigenvalue weighted by molar-refractivity contribution is 0.159. The molecule has 0 spiro atoms. The summed E-state index contributed by atoms with van der Waals surface area (Å²) in [6, 6.07) is 6.42. The average molecular weight is 326 g/mol. The number of fused-ring (bicyclic) bond motifs is 1. The Morgan fingerprint density at radius 1 is 1.38 bits per heavy atom. The molecule has 1 aliphatic heterocycles. The van der Waals surface area contributed by atoms with Crippen LogP contribution in [-0.4, -0.2) is 40.5 Å². The van der Waals surface area contributed by atoms with Crippen LogP contribution in [0.4, 0.5) is 0 Å². The number of nitrogens with zero attached hydrogens (tertiary/aromatic N) is 3. The third-order valence-corrected chi connectivity index (χ3v) is 4.86. The molecule has 2 unspecified atom stereocenters. The van der Waals surface area contributed by atoms with Gasteiger partial charge in [-0.05, 0) is 44.1 Å². The van der Waals surface area contributed by atoms with Crippen molar-refractivity contribution in [3.63, 3.8) is 0 Å². The van der Waals surface area contributed by atoms with E-state index in [1.54, 1.807) is 0 Å². The van der Waals surface area contributed by atoms with E-state index in [9.17, 15) is 0 Å². The molecule has 21 heavy (non-hydrogen) atoms. The fourth-order valence-corrected chi connectivity index (χ4v) is 3.81. The highest BCUT2D eigenvalue weighted by molar-refractivity contribution is 6.31. The zero-order valence-corrected chi connectivity index (χ0v) is 14.0. The highest BCUT2D eigenvalue weighted by Gasteiger charge is 2.28. The summed E-state index contributed by atoms with van der Waals surface area (Å²) in [4.78, 5) is 7.18. The molecule has 1 aromatic heterocycles. The van der Waals surface area contributed by atoms with Crippen molar-refractivity contribution in [3.05, 3.63) is 29.0 Å². The number of likely N-dealkylation sites (tertiary alicyclic amines) is 1. The molecule has 2 atom stereocenters. The minimum Gasteiger partial charge on any atom is -0.324 e. The van der Waals surface area contributed by atoms with Gasteiger partial charge in [-0.25, -0.2) is 4.98 Å². The van der Waals surface area contributed by atoms with Crippen LogP contribution in [0.2, 0.25) is 5.02 Å². The summed E-state index contributed by atoms with van der Waals surface area (Å²) < 4.78 is 2.39. The van der Waals surface area contributed by atoms with E-state index in [4.69, 9.17) is 28.2 Å². The Labute approximate surface area is 135 Å². The lowest BCUT2D eigenvalue weighted by atomic mass is 9.93. The highest BCUT2D eigenvalue weighted by Crippen LogP contribution is 2.33. The van der Waals surface area contributed by atoms with Gasteiger partial charge in [-0.3, -0.25) is 0 Å². The molecule has 2 heterocycles. The minimum absolute atomic E-state index is 0.475. The van der Waals surface area contributed by atoms with Crippen LogP contribution < -0.4 is 0 Å². The Kier molecular flexibility index (Phi) is 4.43. The second-order valence-corrected chi connectivity index (χ2v) is 6.88. The molecule has 2 aromatic rings. The second kappa shape index (κ2) is 6.15. The first-order valence-corrected chi connectivity index (χ1v) is 8.42. The van der Waals surface area contributed by atoms with Crippen LogP contribution in [-0.2, 0) is 6.42 Å². The summed E-state index contributed by atoms with van der Waals surface area (Å²) in [6.07, 6.45) is 1.94. The second-order valence-electron chi connectivity index (χ2n) is 6.07. The smallest absolute Gasteiger partial charge is 0.111 e. The summed E-state index contributed by atoms with van der Waals surface area (Å²) in [7, 11) is 2.19. The maximum Gasteiger partial charge on any atom is 0.111 e. The Morgan fingerprint density at radius 3 is 2.90 bits per heavy atom. The van der Waals surface area contributed by atoms with E-state index in [2.05, 4.69) is 23.4 Å². The molecular weight excluding hydrogens is 305 g/mol. The Morgan fingerprint density at radius 2 is 2.19 bits per heavy atom. The number of benzene rings is 1. The summed E-state index contributed by atoms with van der Waals surface area (Å²) in [6.45, 7) is 4.56. The molecular formula is C16H21Cl2N3. The van der Waals surface area contributed by atoms with Gasteiger partial charge in [0, 0.05) is 29.9 Å². The number of alkyl halides is 1. The number of halogens is 2. The van der Waals surface area contributed by atoms with E-state index < -0.39 is 0 Å². The summed E-state index contributed by atoms with van der Waals surface area (Å²) >= 11 is 12.2. The van der Waals surface area contributed by atoms with Crippen molar-refractivity contribution in [3.8, 4) is 0 Å². The van der Waals surface area contributed by atoms with Gasteiger partial charge in [-0.2, -0.15) is 0 Å². The zero-order chi connectivity index (χ0) is 15.0. The third-order valence-electron chi connectivity index (χ3n) is 4.44. The van der Waals surface area contributed by atoms with Crippen molar-refractivity contribution >= 4 is 34.2 Å². The van der Waals surface area contributed by atoms with Crippen molar-refractivity contribution in [2.24, 2.45) is 5.92 Å². The summed E-state index contributed by atoms with van der Waals surface area (Å²) in [5.41, 5.74) is 2.16. The number of piperidine rings is 1. The van der Waals surface area contributed by atoms with E-state index >= 15 is 0 Å². The number of rotatable bonds is 3. The van der Waals surface area contributed by atoms with E-state index in [1.807, 2.05) is 18.2 Å². The Bertz CT molecular complexity index is 638. The van der Waals surface area contributed by atoms with Crippen LogP contribution in [0.25, 0.3) is 11.0 Å². The molecule has 0 radical (unpaired) electrons. The van der Waals surface area contributed by atoms with Crippen LogP contribution in [0.15, 0.2) is 18.2 Å². The third kappa shape index (κ3) is 2.92. The monoisotopic (exact) mass is 325 g/mol. The minimum atomic E-state index is 0.475. The van der Waals surface area contributed by atoms with E-state index in [1.165, 1.54) is 0 Å². The van der Waals surface area contributed by atoms with Gasteiger partial charge in [0.05, 0.1) is 11.0 Å². The van der Waals surface area contributed by atoms with Crippen molar-refractivity contribution in [1.29, 1.82) is 0 Å². The fourth-order valence-electron chi connectivity index (χ4n) is 3.47. The van der Waals surface area contributed by atoms with Crippen LogP contribution >= 0.6 is 23.2 Å². The number of hydrogen-bond donors (Lipinski definition) is 0. The molecule has 0 aliphatic carbocycles. The van der Waals surface area contributed by atoms with Crippen LogP contribution in [0.1, 0.15) is 25.2 Å². The first-order chi connectivity index (χ1) is 10.1.